The van der Waals surface area contributed by atoms with Crippen molar-refractivity contribution in [1.29, 1.82) is 0 Å². The number of hydrogen-bond acceptors (Lipinski definition) is 6. The fourth-order valence-electron chi connectivity index (χ4n) is 1.85. The molecule has 0 bridgehead atoms. The lowest BCUT2D eigenvalue weighted by atomic mass is 10.2. The SMILES string of the molecule is CCOC(=O)c1c[nH]c2nc(C)nc(NC(C)=O)c2c1=O. The number of nitrogens with one attached hydrogen (secondary N) is 2. The van der Waals surface area contributed by atoms with Gasteiger partial charge in [0.2, 0.25) is 11.3 Å². The highest BCUT2D eigenvalue weighted by Crippen LogP contribution is 2.16. The fourth-order valence-corrected chi connectivity index (χ4v) is 1.85. The van der Waals surface area contributed by atoms with Crippen LogP contribution in [0.1, 0.15) is 30.0 Å². The number of aromatic nitrogens is 3. The third-order valence-corrected chi connectivity index (χ3v) is 2.64. The molecule has 0 saturated heterocycles. The average molecular weight is 290 g/mol. The van der Waals surface area contributed by atoms with Crippen molar-refractivity contribution in [3.05, 3.63) is 27.8 Å². The fraction of sp³-hybridized carbons (Fsp3) is 0.308. The first-order chi connectivity index (χ1) is 9.93. The first kappa shape index (κ1) is 14.6. The molecule has 0 unspecified atom stereocenters. The van der Waals surface area contributed by atoms with Gasteiger partial charge in [-0.1, -0.05) is 0 Å². The number of esters is 1. The van der Waals surface area contributed by atoms with Crippen LogP contribution in [-0.2, 0) is 9.53 Å². The lowest BCUT2D eigenvalue weighted by Gasteiger charge is -2.08. The highest BCUT2D eigenvalue weighted by Gasteiger charge is 2.18. The van der Waals surface area contributed by atoms with Gasteiger partial charge in [-0.3, -0.25) is 9.59 Å². The van der Waals surface area contributed by atoms with Crippen molar-refractivity contribution in [2.75, 3.05) is 11.9 Å². The summed E-state index contributed by atoms with van der Waals surface area (Å²) in [5.74, 6) is -0.673. The number of carbonyl (C=O) groups excluding carboxylic acids is 2. The molecule has 2 heterocycles. The Morgan fingerprint density at radius 3 is 2.71 bits per heavy atom. The molecule has 1 amide bonds. The molecule has 0 aliphatic rings. The topological polar surface area (TPSA) is 114 Å². The van der Waals surface area contributed by atoms with Crippen LogP contribution in [0.4, 0.5) is 5.82 Å². The summed E-state index contributed by atoms with van der Waals surface area (Å²) in [5, 5.41) is 2.51. The molecule has 0 aliphatic carbocycles. The standard InChI is InChI=1S/C13H14N4O4/c1-4-21-13(20)8-5-14-11-9(10(8)19)12(17-7(3)18)16-6(2)15-11/h5H,4H2,1-3H3,(H2,14,15,16,17,18,19). The van der Waals surface area contributed by atoms with E-state index < -0.39 is 11.4 Å². The highest BCUT2D eigenvalue weighted by atomic mass is 16.5. The number of aryl methyl sites for hydroxylation is 1. The lowest BCUT2D eigenvalue weighted by Crippen LogP contribution is -2.21. The van der Waals surface area contributed by atoms with Crippen LogP contribution in [0.15, 0.2) is 11.0 Å². The highest BCUT2D eigenvalue weighted by molar-refractivity contribution is 6.00. The number of carbonyl (C=O) groups is 2. The maximum absolute atomic E-state index is 12.4. The van der Waals surface area contributed by atoms with Crippen molar-refractivity contribution in [3.8, 4) is 0 Å². The number of ether oxygens (including phenoxy) is 1. The van der Waals surface area contributed by atoms with Crippen LogP contribution in [0.2, 0.25) is 0 Å². The molecule has 21 heavy (non-hydrogen) atoms. The molecular formula is C13H14N4O4. The van der Waals surface area contributed by atoms with Gasteiger partial charge in [0.25, 0.3) is 0 Å². The van der Waals surface area contributed by atoms with E-state index >= 15 is 0 Å². The number of nitrogens with zero attached hydrogens (tertiary/aromatic N) is 2. The number of aromatic amines is 1. The van der Waals surface area contributed by atoms with Gasteiger partial charge in [-0.05, 0) is 13.8 Å². The zero-order valence-electron chi connectivity index (χ0n) is 11.8. The molecular weight excluding hydrogens is 276 g/mol. The number of H-pyrrole nitrogens is 1. The van der Waals surface area contributed by atoms with Gasteiger partial charge in [-0.2, -0.15) is 0 Å². The molecule has 8 heteroatoms. The summed E-state index contributed by atoms with van der Waals surface area (Å²) < 4.78 is 4.82. The number of rotatable bonds is 3. The summed E-state index contributed by atoms with van der Waals surface area (Å²) in [6.07, 6.45) is 1.24. The van der Waals surface area contributed by atoms with E-state index in [0.717, 1.165) is 0 Å². The van der Waals surface area contributed by atoms with Crippen LogP contribution < -0.4 is 10.7 Å². The van der Waals surface area contributed by atoms with Crippen LogP contribution in [0, 0.1) is 6.92 Å². The van der Waals surface area contributed by atoms with Gasteiger partial charge in [0.15, 0.2) is 0 Å². The maximum Gasteiger partial charge on any atom is 0.343 e. The quantitative estimate of drug-likeness (QED) is 0.807. The Morgan fingerprint density at radius 2 is 2.10 bits per heavy atom. The summed E-state index contributed by atoms with van der Waals surface area (Å²) in [5.41, 5.74) is -0.515. The van der Waals surface area contributed by atoms with E-state index in [1.54, 1.807) is 13.8 Å². The second-order valence-electron chi connectivity index (χ2n) is 4.28. The number of anilines is 1. The molecule has 0 radical (unpaired) electrons. The number of fused-ring (bicyclic) bond motifs is 1. The smallest absolute Gasteiger partial charge is 0.343 e. The Morgan fingerprint density at radius 1 is 1.38 bits per heavy atom. The van der Waals surface area contributed by atoms with Gasteiger partial charge in [0.05, 0.1) is 6.61 Å². The van der Waals surface area contributed by atoms with Gasteiger partial charge < -0.3 is 15.0 Å². The molecule has 0 atom stereocenters. The summed E-state index contributed by atoms with van der Waals surface area (Å²) in [6.45, 7) is 4.72. The van der Waals surface area contributed by atoms with Crippen molar-refractivity contribution in [2.24, 2.45) is 0 Å². The van der Waals surface area contributed by atoms with Crippen LogP contribution in [0.3, 0.4) is 0 Å². The molecule has 8 nitrogen and oxygen atoms in total. The van der Waals surface area contributed by atoms with Gasteiger partial charge in [-0.15, -0.1) is 0 Å². The van der Waals surface area contributed by atoms with E-state index in [9.17, 15) is 14.4 Å². The molecule has 110 valence electrons. The van der Waals surface area contributed by atoms with Crippen molar-refractivity contribution in [2.45, 2.75) is 20.8 Å². The van der Waals surface area contributed by atoms with E-state index in [0.29, 0.717) is 5.82 Å². The Balaban J connectivity index is 2.72. The van der Waals surface area contributed by atoms with Gasteiger partial charge in [0, 0.05) is 13.1 Å². The molecule has 2 N–H and O–H groups in total. The molecule has 0 fully saturated rings. The zero-order chi connectivity index (χ0) is 15.6. The summed E-state index contributed by atoms with van der Waals surface area (Å²) in [7, 11) is 0. The van der Waals surface area contributed by atoms with E-state index in [-0.39, 0.29) is 34.9 Å². The molecule has 2 aromatic heterocycles. The van der Waals surface area contributed by atoms with Crippen LogP contribution in [0.5, 0.6) is 0 Å². The third-order valence-electron chi connectivity index (χ3n) is 2.64. The molecule has 2 rings (SSSR count). The Labute approximate surface area is 119 Å². The van der Waals surface area contributed by atoms with Crippen molar-refractivity contribution in [3.63, 3.8) is 0 Å². The van der Waals surface area contributed by atoms with Gasteiger partial charge >= 0.3 is 5.97 Å². The minimum absolute atomic E-state index is 0.0429. The Hall–Kier alpha value is -2.77. The number of amides is 1. The summed E-state index contributed by atoms with van der Waals surface area (Å²) in [6, 6.07) is 0. The predicted octanol–water partition coefficient (Wildman–Crippen LogP) is 0.762. The van der Waals surface area contributed by atoms with E-state index in [1.807, 2.05) is 0 Å². The maximum atomic E-state index is 12.4. The first-order valence-electron chi connectivity index (χ1n) is 6.28. The molecule has 0 spiro atoms. The third kappa shape index (κ3) is 2.88. The predicted molar refractivity (Wildman–Crippen MR) is 75.2 cm³/mol. The summed E-state index contributed by atoms with van der Waals surface area (Å²) in [4.78, 5) is 46.2. The molecule has 0 aromatic carbocycles. The van der Waals surface area contributed by atoms with E-state index in [2.05, 4.69) is 20.3 Å². The summed E-state index contributed by atoms with van der Waals surface area (Å²) >= 11 is 0. The first-order valence-corrected chi connectivity index (χ1v) is 6.28. The number of pyridine rings is 1. The van der Waals surface area contributed by atoms with Crippen molar-refractivity contribution < 1.29 is 14.3 Å². The average Bonchev–Trinajstić information content (AvgIpc) is 2.37. The van der Waals surface area contributed by atoms with E-state index in [1.165, 1.54) is 13.1 Å². The van der Waals surface area contributed by atoms with Crippen LogP contribution in [-0.4, -0.2) is 33.4 Å². The Bertz CT molecular complexity index is 782. The minimum atomic E-state index is -0.741. The Kier molecular flexibility index (Phi) is 3.97. The molecule has 0 saturated carbocycles. The van der Waals surface area contributed by atoms with E-state index in [4.69, 9.17) is 4.74 Å². The monoisotopic (exact) mass is 290 g/mol. The van der Waals surface area contributed by atoms with Gasteiger partial charge in [0.1, 0.15) is 28.2 Å². The van der Waals surface area contributed by atoms with Gasteiger partial charge in [-0.25, -0.2) is 14.8 Å². The largest absolute Gasteiger partial charge is 0.462 e. The number of hydrogen-bond donors (Lipinski definition) is 2. The van der Waals surface area contributed by atoms with Crippen LogP contribution in [0.25, 0.3) is 11.0 Å². The second kappa shape index (κ2) is 5.70. The minimum Gasteiger partial charge on any atom is -0.462 e. The molecule has 0 aliphatic heterocycles. The zero-order valence-corrected chi connectivity index (χ0v) is 11.8. The normalized spacial score (nSPS) is 10.4. The molecule has 2 aromatic rings. The lowest BCUT2D eigenvalue weighted by molar-refractivity contribution is -0.114. The van der Waals surface area contributed by atoms with Crippen LogP contribution >= 0.6 is 0 Å². The van der Waals surface area contributed by atoms with Crippen molar-refractivity contribution >= 4 is 28.7 Å². The van der Waals surface area contributed by atoms with Crippen molar-refractivity contribution in [1.82, 2.24) is 15.0 Å². The second-order valence-corrected chi connectivity index (χ2v) is 4.28.